The molecule has 0 aliphatic heterocycles. The second-order valence-electron chi connectivity index (χ2n) is 4.19. The topological polar surface area (TPSA) is 29.5 Å². The molecule has 2 aromatic rings. The van der Waals surface area contributed by atoms with Crippen molar-refractivity contribution in [2.45, 2.75) is 13.0 Å². The molecule has 0 saturated carbocycles. The Morgan fingerprint density at radius 2 is 2.05 bits per heavy atom. The molecule has 0 heterocycles. The Hall–Kier alpha value is -1.10. The molecular formula is C15H13BrClFO2. The summed E-state index contributed by atoms with van der Waals surface area (Å²) in [6.45, 7) is 2.44. The molecule has 0 bridgehead atoms. The SMILES string of the molecule is CCOc1ccc(C(O)c2ccc(Cl)cc2F)cc1Br. The number of aliphatic hydroxyl groups is 1. The zero-order valence-corrected chi connectivity index (χ0v) is 13.1. The summed E-state index contributed by atoms with van der Waals surface area (Å²) in [5.41, 5.74) is 0.756. The first-order valence-corrected chi connectivity index (χ1v) is 7.25. The predicted molar refractivity (Wildman–Crippen MR) is 80.8 cm³/mol. The molecule has 2 rings (SSSR count). The molecule has 2 aromatic carbocycles. The molecule has 20 heavy (non-hydrogen) atoms. The minimum Gasteiger partial charge on any atom is -0.493 e. The van der Waals surface area contributed by atoms with Crippen molar-refractivity contribution in [3.63, 3.8) is 0 Å². The second-order valence-corrected chi connectivity index (χ2v) is 5.48. The van der Waals surface area contributed by atoms with E-state index >= 15 is 0 Å². The summed E-state index contributed by atoms with van der Waals surface area (Å²) in [6.07, 6.45) is -1.06. The van der Waals surface area contributed by atoms with Crippen LogP contribution in [0.5, 0.6) is 5.75 Å². The van der Waals surface area contributed by atoms with E-state index in [1.165, 1.54) is 12.1 Å². The second kappa shape index (κ2) is 6.57. The summed E-state index contributed by atoms with van der Waals surface area (Å²) in [4.78, 5) is 0. The van der Waals surface area contributed by atoms with E-state index in [0.717, 1.165) is 0 Å². The van der Waals surface area contributed by atoms with Gasteiger partial charge < -0.3 is 9.84 Å². The van der Waals surface area contributed by atoms with Crippen LogP contribution in [0, 0.1) is 5.82 Å². The molecule has 106 valence electrons. The van der Waals surface area contributed by atoms with Gasteiger partial charge in [0.15, 0.2) is 0 Å². The van der Waals surface area contributed by atoms with Gasteiger partial charge in [-0.05, 0) is 52.7 Å². The van der Waals surface area contributed by atoms with Crippen molar-refractivity contribution < 1.29 is 14.2 Å². The molecule has 2 nitrogen and oxygen atoms in total. The van der Waals surface area contributed by atoms with E-state index in [1.807, 2.05) is 6.92 Å². The van der Waals surface area contributed by atoms with Gasteiger partial charge in [-0.2, -0.15) is 0 Å². The third-order valence-electron chi connectivity index (χ3n) is 2.83. The summed E-state index contributed by atoms with van der Waals surface area (Å²) in [6, 6.07) is 9.36. The highest BCUT2D eigenvalue weighted by Gasteiger charge is 2.16. The predicted octanol–water partition coefficient (Wildman–Crippen LogP) is 4.72. The van der Waals surface area contributed by atoms with Crippen LogP contribution in [0.4, 0.5) is 4.39 Å². The van der Waals surface area contributed by atoms with Crippen LogP contribution in [0.3, 0.4) is 0 Å². The van der Waals surface area contributed by atoms with Crippen molar-refractivity contribution in [1.29, 1.82) is 0 Å². The lowest BCUT2D eigenvalue weighted by atomic mass is 10.0. The van der Waals surface area contributed by atoms with Crippen LogP contribution < -0.4 is 4.74 Å². The van der Waals surface area contributed by atoms with Crippen molar-refractivity contribution in [2.75, 3.05) is 6.61 Å². The maximum Gasteiger partial charge on any atom is 0.133 e. The molecule has 0 saturated heterocycles. The Kier molecular flexibility index (Phi) is 5.02. The van der Waals surface area contributed by atoms with Crippen LogP contribution in [0.25, 0.3) is 0 Å². The van der Waals surface area contributed by atoms with Crippen molar-refractivity contribution in [3.05, 3.63) is 62.8 Å². The van der Waals surface area contributed by atoms with Crippen molar-refractivity contribution in [1.82, 2.24) is 0 Å². The standard InChI is InChI=1S/C15H13BrClFO2/c1-2-20-14-6-3-9(7-12(14)16)15(19)11-5-4-10(17)8-13(11)18/h3-8,15,19H,2H2,1H3. The third-order valence-corrected chi connectivity index (χ3v) is 3.68. The van der Waals surface area contributed by atoms with Crippen LogP contribution in [0.2, 0.25) is 5.02 Å². The largest absolute Gasteiger partial charge is 0.493 e. The molecule has 0 radical (unpaired) electrons. The summed E-state index contributed by atoms with van der Waals surface area (Å²) in [5, 5.41) is 10.6. The monoisotopic (exact) mass is 358 g/mol. The highest BCUT2D eigenvalue weighted by atomic mass is 79.9. The molecule has 0 fully saturated rings. The highest BCUT2D eigenvalue weighted by molar-refractivity contribution is 9.10. The van der Waals surface area contributed by atoms with Crippen LogP contribution in [-0.4, -0.2) is 11.7 Å². The smallest absolute Gasteiger partial charge is 0.133 e. The number of aliphatic hydroxyl groups excluding tert-OH is 1. The maximum atomic E-state index is 13.8. The molecule has 0 aliphatic rings. The fraction of sp³-hybridized carbons (Fsp3) is 0.200. The Labute approximate surface area is 130 Å². The van der Waals surface area contributed by atoms with Gasteiger partial charge in [0.25, 0.3) is 0 Å². The number of benzene rings is 2. The Bertz CT molecular complexity index is 619. The first kappa shape index (κ1) is 15.3. The average molecular weight is 360 g/mol. The lowest BCUT2D eigenvalue weighted by Crippen LogP contribution is -2.03. The minimum absolute atomic E-state index is 0.186. The molecule has 0 amide bonds. The van der Waals surface area contributed by atoms with Crippen LogP contribution in [-0.2, 0) is 0 Å². The Balaban J connectivity index is 2.33. The van der Waals surface area contributed by atoms with Gasteiger partial charge in [0.2, 0.25) is 0 Å². The molecule has 0 aliphatic carbocycles. The molecule has 5 heteroatoms. The van der Waals surface area contributed by atoms with Gasteiger partial charge in [-0.25, -0.2) is 4.39 Å². The first-order chi connectivity index (χ1) is 9.52. The quantitative estimate of drug-likeness (QED) is 0.856. The van der Waals surface area contributed by atoms with Gasteiger partial charge in [-0.1, -0.05) is 23.7 Å². The van der Waals surface area contributed by atoms with Gasteiger partial charge >= 0.3 is 0 Å². The molecule has 1 N–H and O–H groups in total. The molecule has 1 unspecified atom stereocenters. The van der Waals surface area contributed by atoms with E-state index in [1.54, 1.807) is 24.3 Å². The molecule has 0 aromatic heterocycles. The third kappa shape index (κ3) is 3.32. The van der Waals surface area contributed by atoms with E-state index in [-0.39, 0.29) is 5.56 Å². The average Bonchev–Trinajstić information content (AvgIpc) is 2.40. The van der Waals surface area contributed by atoms with Crippen LogP contribution in [0.1, 0.15) is 24.2 Å². The number of hydrogen-bond donors (Lipinski definition) is 1. The highest BCUT2D eigenvalue weighted by Crippen LogP contribution is 2.32. The lowest BCUT2D eigenvalue weighted by Gasteiger charge is -2.14. The zero-order chi connectivity index (χ0) is 14.7. The number of rotatable bonds is 4. The van der Waals surface area contributed by atoms with Crippen molar-refractivity contribution >= 4 is 27.5 Å². The molecule has 0 spiro atoms. The molecule has 1 atom stereocenters. The number of hydrogen-bond acceptors (Lipinski definition) is 2. The summed E-state index contributed by atoms with van der Waals surface area (Å²) in [7, 11) is 0. The summed E-state index contributed by atoms with van der Waals surface area (Å²) in [5.74, 6) is 0.148. The van der Waals surface area contributed by atoms with Gasteiger partial charge in [-0.15, -0.1) is 0 Å². The fourth-order valence-corrected chi connectivity index (χ4v) is 2.53. The maximum absolute atomic E-state index is 13.8. The van der Waals surface area contributed by atoms with E-state index < -0.39 is 11.9 Å². The van der Waals surface area contributed by atoms with Gasteiger partial charge in [-0.3, -0.25) is 0 Å². The minimum atomic E-state index is -1.06. The molecular weight excluding hydrogens is 347 g/mol. The van der Waals surface area contributed by atoms with E-state index in [4.69, 9.17) is 16.3 Å². The van der Waals surface area contributed by atoms with Crippen molar-refractivity contribution in [2.24, 2.45) is 0 Å². The van der Waals surface area contributed by atoms with Crippen LogP contribution in [0.15, 0.2) is 40.9 Å². The Morgan fingerprint density at radius 1 is 1.30 bits per heavy atom. The number of halogens is 3. The lowest BCUT2D eigenvalue weighted by molar-refractivity contribution is 0.214. The van der Waals surface area contributed by atoms with Gasteiger partial charge in [0, 0.05) is 10.6 Å². The zero-order valence-electron chi connectivity index (χ0n) is 10.7. The van der Waals surface area contributed by atoms with E-state index in [0.29, 0.717) is 27.4 Å². The van der Waals surface area contributed by atoms with Gasteiger partial charge in [0.1, 0.15) is 17.7 Å². The summed E-state index contributed by atoms with van der Waals surface area (Å²) >= 11 is 9.07. The normalized spacial score (nSPS) is 12.2. The fourth-order valence-electron chi connectivity index (χ4n) is 1.86. The van der Waals surface area contributed by atoms with E-state index in [9.17, 15) is 9.50 Å². The first-order valence-electron chi connectivity index (χ1n) is 6.08. The van der Waals surface area contributed by atoms with Gasteiger partial charge in [0.05, 0.1) is 11.1 Å². The van der Waals surface area contributed by atoms with Crippen molar-refractivity contribution in [3.8, 4) is 5.75 Å². The number of ether oxygens (including phenoxy) is 1. The Morgan fingerprint density at radius 3 is 2.65 bits per heavy atom. The van der Waals surface area contributed by atoms with Crippen LogP contribution >= 0.6 is 27.5 Å². The summed E-state index contributed by atoms with van der Waals surface area (Å²) < 4.78 is 19.9. The van der Waals surface area contributed by atoms with E-state index in [2.05, 4.69) is 15.9 Å².